The van der Waals surface area contributed by atoms with Gasteiger partial charge in [-0.3, -0.25) is 9.69 Å². The van der Waals surface area contributed by atoms with Gasteiger partial charge in [0.25, 0.3) is 0 Å². The van der Waals surface area contributed by atoms with Gasteiger partial charge in [0.15, 0.2) is 0 Å². The van der Waals surface area contributed by atoms with Gasteiger partial charge in [-0.1, -0.05) is 0 Å². The lowest BCUT2D eigenvalue weighted by Gasteiger charge is -2.28. The number of carbonyl (C=O) groups excluding carboxylic acids is 1. The maximum Gasteiger partial charge on any atom is 0.236 e. The Morgan fingerprint density at radius 2 is 2.44 bits per heavy atom. The van der Waals surface area contributed by atoms with E-state index in [0.29, 0.717) is 26.1 Å². The fourth-order valence-electron chi connectivity index (χ4n) is 1.91. The second kappa shape index (κ2) is 5.60. The van der Waals surface area contributed by atoms with E-state index in [2.05, 4.69) is 15.1 Å². The van der Waals surface area contributed by atoms with Crippen LogP contribution < -0.4 is 0 Å². The number of hydrogen-bond acceptors (Lipinski definition) is 5. The second-order valence-corrected chi connectivity index (χ2v) is 4.37. The summed E-state index contributed by atoms with van der Waals surface area (Å²) in [6, 6.07) is 2.04. The summed E-state index contributed by atoms with van der Waals surface area (Å²) >= 11 is 0. The molecule has 1 aromatic rings. The van der Waals surface area contributed by atoms with Crippen LogP contribution in [0.3, 0.4) is 0 Å². The molecule has 0 unspecified atom stereocenters. The standard InChI is InChI=1S/C11H16N6O/c1-15(4-2-3-12)11(18)8-16-5-6-17-9-13-14-10(17)7-16/h9H,2,4-8H2,1H3. The molecule has 0 saturated carbocycles. The summed E-state index contributed by atoms with van der Waals surface area (Å²) in [7, 11) is 1.73. The van der Waals surface area contributed by atoms with Crippen molar-refractivity contribution in [3.8, 4) is 6.07 Å². The maximum absolute atomic E-state index is 11.9. The van der Waals surface area contributed by atoms with Gasteiger partial charge in [0.05, 0.1) is 25.6 Å². The SMILES string of the molecule is CN(CCC#N)C(=O)CN1CCn2cnnc2C1. The summed E-state index contributed by atoms with van der Waals surface area (Å²) in [4.78, 5) is 15.5. The van der Waals surface area contributed by atoms with Gasteiger partial charge in [-0.2, -0.15) is 5.26 Å². The Bertz CT molecular complexity index is 462. The van der Waals surface area contributed by atoms with Gasteiger partial charge in [-0.15, -0.1) is 10.2 Å². The summed E-state index contributed by atoms with van der Waals surface area (Å²) in [5, 5.41) is 16.3. The number of hydrogen-bond donors (Lipinski definition) is 0. The van der Waals surface area contributed by atoms with Crippen LogP contribution in [-0.4, -0.2) is 57.2 Å². The second-order valence-electron chi connectivity index (χ2n) is 4.37. The highest BCUT2D eigenvalue weighted by molar-refractivity contribution is 5.78. The Morgan fingerprint density at radius 1 is 1.61 bits per heavy atom. The Morgan fingerprint density at radius 3 is 3.22 bits per heavy atom. The average molecular weight is 248 g/mol. The van der Waals surface area contributed by atoms with Gasteiger partial charge in [-0.25, -0.2) is 0 Å². The fourth-order valence-corrected chi connectivity index (χ4v) is 1.91. The molecule has 0 saturated heterocycles. The minimum atomic E-state index is 0.0400. The number of carbonyl (C=O) groups is 1. The summed E-state index contributed by atoms with van der Waals surface area (Å²) in [5.74, 6) is 0.937. The maximum atomic E-state index is 11.9. The highest BCUT2D eigenvalue weighted by atomic mass is 16.2. The van der Waals surface area contributed by atoms with Gasteiger partial charge in [-0.05, 0) is 0 Å². The van der Waals surface area contributed by atoms with E-state index < -0.39 is 0 Å². The van der Waals surface area contributed by atoms with Gasteiger partial charge in [0, 0.05) is 26.7 Å². The first-order valence-electron chi connectivity index (χ1n) is 5.90. The lowest BCUT2D eigenvalue weighted by molar-refractivity contribution is -0.131. The highest BCUT2D eigenvalue weighted by Gasteiger charge is 2.20. The van der Waals surface area contributed by atoms with Crippen LogP contribution in [0.5, 0.6) is 0 Å². The molecular formula is C11H16N6O. The molecule has 0 radical (unpaired) electrons. The number of amides is 1. The predicted molar refractivity (Wildman–Crippen MR) is 63.2 cm³/mol. The number of likely N-dealkylation sites (N-methyl/N-ethyl adjacent to an activating group) is 1. The Labute approximate surface area is 106 Å². The number of rotatable bonds is 4. The van der Waals surface area contributed by atoms with Crippen molar-refractivity contribution in [1.82, 2.24) is 24.6 Å². The number of fused-ring (bicyclic) bond motifs is 1. The first-order valence-corrected chi connectivity index (χ1v) is 5.90. The fraction of sp³-hybridized carbons (Fsp3) is 0.636. The van der Waals surface area contributed by atoms with E-state index in [4.69, 9.17) is 5.26 Å². The quantitative estimate of drug-likeness (QED) is 0.715. The first-order chi connectivity index (χ1) is 8.70. The molecule has 1 amide bonds. The topological polar surface area (TPSA) is 78.0 Å². The van der Waals surface area contributed by atoms with Crippen molar-refractivity contribution in [2.75, 3.05) is 26.7 Å². The number of nitriles is 1. The van der Waals surface area contributed by atoms with E-state index in [1.165, 1.54) is 0 Å². The molecule has 0 aliphatic carbocycles. The van der Waals surface area contributed by atoms with Gasteiger partial charge < -0.3 is 9.47 Å². The monoisotopic (exact) mass is 248 g/mol. The molecule has 1 aliphatic heterocycles. The largest absolute Gasteiger partial charge is 0.344 e. The van der Waals surface area contributed by atoms with E-state index in [1.54, 1.807) is 18.3 Å². The highest BCUT2D eigenvalue weighted by Crippen LogP contribution is 2.08. The molecule has 2 rings (SSSR count). The van der Waals surface area contributed by atoms with E-state index in [9.17, 15) is 4.79 Å². The third-order valence-electron chi connectivity index (χ3n) is 3.06. The minimum absolute atomic E-state index is 0.0400. The molecule has 0 fully saturated rings. The van der Waals surface area contributed by atoms with Crippen LogP contribution in [0.2, 0.25) is 0 Å². The molecule has 2 heterocycles. The van der Waals surface area contributed by atoms with E-state index in [1.807, 2.05) is 10.6 Å². The molecule has 1 aromatic heterocycles. The van der Waals surface area contributed by atoms with Crippen molar-refractivity contribution in [3.63, 3.8) is 0 Å². The lowest BCUT2D eigenvalue weighted by atomic mass is 10.3. The molecular weight excluding hydrogens is 232 g/mol. The van der Waals surface area contributed by atoms with Crippen molar-refractivity contribution < 1.29 is 4.79 Å². The van der Waals surface area contributed by atoms with Crippen LogP contribution in [0.4, 0.5) is 0 Å². The summed E-state index contributed by atoms with van der Waals surface area (Å²) in [6.45, 7) is 3.15. The summed E-state index contributed by atoms with van der Waals surface area (Å²) < 4.78 is 2.00. The third-order valence-corrected chi connectivity index (χ3v) is 3.06. The van der Waals surface area contributed by atoms with Gasteiger partial charge in [0.2, 0.25) is 5.91 Å². The van der Waals surface area contributed by atoms with Crippen LogP contribution in [0.15, 0.2) is 6.33 Å². The van der Waals surface area contributed by atoms with Gasteiger partial charge >= 0.3 is 0 Å². The van der Waals surface area contributed by atoms with Crippen molar-refractivity contribution >= 4 is 5.91 Å². The molecule has 0 aromatic carbocycles. The Kier molecular flexibility index (Phi) is 3.89. The Balaban J connectivity index is 1.84. The third kappa shape index (κ3) is 2.84. The average Bonchev–Trinajstić information content (AvgIpc) is 2.83. The summed E-state index contributed by atoms with van der Waals surface area (Å²) in [6.07, 6.45) is 2.09. The molecule has 0 spiro atoms. The molecule has 0 atom stereocenters. The normalized spacial score (nSPS) is 14.9. The molecule has 0 bridgehead atoms. The zero-order chi connectivity index (χ0) is 13.0. The van der Waals surface area contributed by atoms with E-state index >= 15 is 0 Å². The molecule has 1 aliphatic rings. The van der Waals surface area contributed by atoms with E-state index in [-0.39, 0.29) is 5.91 Å². The molecule has 18 heavy (non-hydrogen) atoms. The number of aromatic nitrogens is 3. The Hall–Kier alpha value is -1.94. The van der Waals surface area contributed by atoms with Crippen LogP contribution in [-0.2, 0) is 17.9 Å². The van der Waals surface area contributed by atoms with Gasteiger partial charge in [0.1, 0.15) is 12.2 Å². The van der Waals surface area contributed by atoms with Crippen molar-refractivity contribution in [1.29, 1.82) is 5.26 Å². The van der Waals surface area contributed by atoms with Crippen LogP contribution in [0.1, 0.15) is 12.2 Å². The number of nitrogens with zero attached hydrogens (tertiary/aromatic N) is 6. The molecule has 0 N–H and O–H groups in total. The molecule has 96 valence electrons. The van der Waals surface area contributed by atoms with Crippen molar-refractivity contribution in [2.45, 2.75) is 19.5 Å². The lowest BCUT2D eigenvalue weighted by Crippen LogP contribution is -2.42. The van der Waals surface area contributed by atoms with Crippen molar-refractivity contribution in [2.24, 2.45) is 0 Å². The summed E-state index contributed by atoms with van der Waals surface area (Å²) in [5.41, 5.74) is 0. The van der Waals surface area contributed by atoms with E-state index in [0.717, 1.165) is 18.9 Å². The zero-order valence-corrected chi connectivity index (χ0v) is 10.4. The predicted octanol–water partition coefficient (Wildman–Crippen LogP) is -0.534. The minimum Gasteiger partial charge on any atom is -0.344 e. The molecule has 7 heteroatoms. The van der Waals surface area contributed by atoms with Crippen molar-refractivity contribution in [3.05, 3.63) is 12.2 Å². The smallest absolute Gasteiger partial charge is 0.236 e. The first kappa shape index (κ1) is 12.5. The van der Waals surface area contributed by atoms with Crippen LogP contribution in [0.25, 0.3) is 0 Å². The molecule has 7 nitrogen and oxygen atoms in total. The van der Waals surface area contributed by atoms with Crippen LogP contribution in [0, 0.1) is 11.3 Å². The zero-order valence-electron chi connectivity index (χ0n) is 10.4. The van der Waals surface area contributed by atoms with Crippen LogP contribution >= 0.6 is 0 Å².